The molecule has 1 aliphatic carbocycles. The van der Waals surface area contributed by atoms with Gasteiger partial charge in [0.2, 0.25) is 5.91 Å². The summed E-state index contributed by atoms with van der Waals surface area (Å²) in [4.78, 5) is 14.8. The fraction of sp³-hybridized carbons (Fsp3) is 0.550. The van der Waals surface area contributed by atoms with Crippen LogP contribution in [0.3, 0.4) is 0 Å². The minimum absolute atomic E-state index is 0.171. The first-order valence-electron chi connectivity index (χ1n) is 9.13. The van der Waals surface area contributed by atoms with Gasteiger partial charge >= 0.3 is 0 Å². The number of hydrogen-bond acceptors (Lipinski definition) is 2. The standard InChI is InChI=1S/C20H27ClN2O/c21-19-8-4-7-17(13-19)15-23-11-9-18(10-12-23)20(24)22-14-16-5-2-1-3-6-16/h4-5,7-8,13,18H,1-3,6,9-12,14-15H2,(H,22,24). The summed E-state index contributed by atoms with van der Waals surface area (Å²) in [5.74, 6) is 0.411. The van der Waals surface area contributed by atoms with Gasteiger partial charge in [-0.1, -0.05) is 35.4 Å². The molecule has 0 spiro atoms. The zero-order chi connectivity index (χ0) is 16.8. The van der Waals surface area contributed by atoms with E-state index in [1.807, 2.05) is 18.2 Å². The number of allylic oxidation sites excluding steroid dienone is 1. The normalized spacial score (nSPS) is 19.8. The molecule has 1 aromatic carbocycles. The highest BCUT2D eigenvalue weighted by Gasteiger charge is 2.24. The van der Waals surface area contributed by atoms with Crippen molar-refractivity contribution in [3.8, 4) is 0 Å². The van der Waals surface area contributed by atoms with E-state index in [-0.39, 0.29) is 11.8 Å². The largest absolute Gasteiger partial charge is 0.352 e. The highest BCUT2D eigenvalue weighted by Crippen LogP contribution is 2.21. The lowest BCUT2D eigenvalue weighted by molar-refractivity contribution is -0.126. The second-order valence-corrected chi connectivity index (χ2v) is 7.44. The van der Waals surface area contributed by atoms with Crippen LogP contribution in [0.25, 0.3) is 0 Å². The van der Waals surface area contributed by atoms with Gasteiger partial charge in [0, 0.05) is 24.0 Å². The summed E-state index contributed by atoms with van der Waals surface area (Å²) in [6, 6.07) is 8.04. The number of halogens is 1. The quantitative estimate of drug-likeness (QED) is 0.811. The molecule has 0 atom stereocenters. The fourth-order valence-electron chi connectivity index (χ4n) is 3.66. The maximum atomic E-state index is 12.4. The van der Waals surface area contributed by atoms with Gasteiger partial charge < -0.3 is 5.32 Å². The highest BCUT2D eigenvalue weighted by molar-refractivity contribution is 6.30. The first-order chi connectivity index (χ1) is 11.7. The van der Waals surface area contributed by atoms with E-state index in [4.69, 9.17) is 11.6 Å². The van der Waals surface area contributed by atoms with Gasteiger partial charge in [-0.2, -0.15) is 0 Å². The first-order valence-corrected chi connectivity index (χ1v) is 9.51. The predicted octanol–water partition coefficient (Wildman–Crippen LogP) is 4.17. The average Bonchev–Trinajstić information content (AvgIpc) is 2.61. The van der Waals surface area contributed by atoms with Crippen molar-refractivity contribution >= 4 is 17.5 Å². The van der Waals surface area contributed by atoms with E-state index < -0.39 is 0 Å². The van der Waals surface area contributed by atoms with Crippen molar-refractivity contribution in [1.29, 1.82) is 0 Å². The van der Waals surface area contributed by atoms with E-state index in [2.05, 4.69) is 22.4 Å². The van der Waals surface area contributed by atoms with Crippen molar-refractivity contribution in [1.82, 2.24) is 10.2 Å². The second-order valence-electron chi connectivity index (χ2n) is 7.01. The summed E-state index contributed by atoms with van der Waals surface area (Å²) in [7, 11) is 0. The maximum absolute atomic E-state index is 12.4. The van der Waals surface area contributed by atoms with E-state index in [9.17, 15) is 4.79 Å². The number of likely N-dealkylation sites (tertiary alicyclic amines) is 1. The number of amides is 1. The van der Waals surface area contributed by atoms with Crippen molar-refractivity contribution in [3.63, 3.8) is 0 Å². The van der Waals surface area contributed by atoms with Crippen molar-refractivity contribution in [2.24, 2.45) is 5.92 Å². The van der Waals surface area contributed by atoms with Gasteiger partial charge in [-0.05, 0) is 69.3 Å². The molecular weight excluding hydrogens is 320 g/mol. The van der Waals surface area contributed by atoms with Crippen molar-refractivity contribution < 1.29 is 4.79 Å². The average molecular weight is 347 g/mol. The molecule has 3 rings (SSSR count). The van der Waals surface area contributed by atoms with Crippen LogP contribution in [-0.2, 0) is 11.3 Å². The van der Waals surface area contributed by atoms with Crippen LogP contribution in [0.1, 0.15) is 44.1 Å². The topological polar surface area (TPSA) is 32.3 Å². The summed E-state index contributed by atoms with van der Waals surface area (Å²) in [5, 5.41) is 3.94. The highest BCUT2D eigenvalue weighted by atomic mass is 35.5. The Kier molecular flexibility index (Phi) is 6.33. The van der Waals surface area contributed by atoms with Crippen LogP contribution in [0.5, 0.6) is 0 Å². The molecule has 1 heterocycles. The Morgan fingerprint density at radius 2 is 2.08 bits per heavy atom. The van der Waals surface area contributed by atoms with Crippen molar-refractivity contribution in [2.45, 2.75) is 45.1 Å². The molecule has 1 saturated heterocycles. The number of hydrogen-bond donors (Lipinski definition) is 1. The van der Waals surface area contributed by atoms with Gasteiger partial charge in [-0.3, -0.25) is 9.69 Å². The zero-order valence-corrected chi connectivity index (χ0v) is 15.0. The van der Waals surface area contributed by atoms with E-state index in [0.29, 0.717) is 0 Å². The smallest absolute Gasteiger partial charge is 0.223 e. The molecule has 4 heteroatoms. The van der Waals surface area contributed by atoms with Crippen LogP contribution in [0.4, 0.5) is 0 Å². The number of nitrogens with one attached hydrogen (secondary N) is 1. The lowest BCUT2D eigenvalue weighted by atomic mass is 9.95. The molecule has 0 bridgehead atoms. The monoisotopic (exact) mass is 346 g/mol. The number of carbonyl (C=O) groups excluding carboxylic acids is 1. The molecule has 1 N–H and O–H groups in total. The molecule has 0 radical (unpaired) electrons. The van der Waals surface area contributed by atoms with Gasteiger partial charge in [0.25, 0.3) is 0 Å². The van der Waals surface area contributed by atoms with E-state index in [1.54, 1.807) is 0 Å². The Bertz CT molecular complexity index is 591. The Morgan fingerprint density at radius 3 is 2.79 bits per heavy atom. The molecular formula is C20H27ClN2O. The van der Waals surface area contributed by atoms with E-state index in [0.717, 1.165) is 50.5 Å². The van der Waals surface area contributed by atoms with Crippen molar-refractivity contribution in [2.75, 3.05) is 19.6 Å². The number of rotatable bonds is 5. The molecule has 24 heavy (non-hydrogen) atoms. The van der Waals surface area contributed by atoms with Gasteiger partial charge in [0.15, 0.2) is 0 Å². The van der Waals surface area contributed by atoms with Gasteiger partial charge in [0.05, 0.1) is 0 Å². The summed E-state index contributed by atoms with van der Waals surface area (Å²) < 4.78 is 0. The Balaban J connectivity index is 1.41. The van der Waals surface area contributed by atoms with Crippen LogP contribution in [-0.4, -0.2) is 30.4 Å². The Labute approximate surface area is 150 Å². The van der Waals surface area contributed by atoms with Crippen LogP contribution >= 0.6 is 11.6 Å². The molecule has 0 unspecified atom stereocenters. The molecule has 1 aliphatic heterocycles. The molecule has 130 valence electrons. The fourth-order valence-corrected chi connectivity index (χ4v) is 3.87. The van der Waals surface area contributed by atoms with E-state index in [1.165, 1.54) is 30.4 Å². The van der Waals surface area contributed by atoms with Crippen LogP contribution in [0.2, 0.25) is 5.02 Å². The maximum Gasteiger partial charge on any atom is 0.223 e. The molecule has 3 nitrogen and oxygen atoms in total. The molecule has 2 aliphatic rings. The number of piperidine rings is 1. The molecule has 1 amide bonds. The lowest BCUT2D eigenvalue weighted by Gasteiger charge is -2.31. The Hall–Kier alpha value is -1.32. The third kappa shape index (κ3) is 5.09. The van der Waals surface area contributed by atoms with Crippen molar-refractivity contribution in [3.05, 3.63) is 46.5 Å². The Morgan fingerprint density at radius 1 is 1.25 bits per heavy atom. The third-order valence-electron chi connectivity index (χ3n) is 5.13. The number of nitrogens with zero attached hydrogens (tertiary/aromatic N) is 1. The summed E-state index contributed by atoms with van der Waals surface area (Å²) in [5.41, 5.74) is 2.66. The van der Waals surface area contributed by atoms with Crippen LogP contribution < -0.4 is 5.32 Å². The molecule has 1 fully saturated rings. The summed E-state index contributed by atoms with van der Waals surface area (Å²) >= 11 is 6.05. The second kappa shape index (κ2) is 8.68. The summed E-state index contributed by atoms with van der Waals surface area (Å²) in [6.07, 6.45) is 9.09. The zero-order valence-electron chi connectivity index (χ0n) is 14.3. The lowest BCUT2D eigenvalue weighted by Crippen LogP contribution is -2.40. The predicted molar refractivity (Wildman–Crippen MR) is 99.0 cm³/mol. The summed E-state index contributed by atoms with van der Waals surface area (Å²) in [6.45, 7) is 3.63. The first kappa shape index (κ1) is 17.5. The van der Waals surface area contributed by atoms with Crippen LogP contribution in [0, 0.1) is 5.92 Å². The third-order valence-corrected chi connectivity index (χ3v) is 5.36. The minimum atomic E-state index is 0.171. The SMILES string of the molecule is O=C(NCC1=CCCCC1)C1CCN(Cc2cccc(Cl)c2)CC1. The molecule has 0 aromatic heterocycles. The molecule has 0 saturated carbocycles. The van der Waals surface area contributed by atoms with Crippen LogP contribution in [0.15, 0.2) is 35.9 Å². The van der Waals surface area contributed by atoms with Gasteiger partial charge in [-0.25, -0.2) is 0 Å². The van der Waals surface area contributed by atoms with Gasteiger partial charge in [0.1, 0.15) is 0 Å². The minimum Gasteiger partial charge on any atom is -0.352 e. The number of benzene rings is 1. The molecule has 1 aromatic rings. The number of carbonyl (C=O) groups is 1. The van der Waals surface area contributed by atoms with Gasteiger partial charge in [-0.15, -0.1) is 0 Å². The van der Waals surface area contributed by atoms with E-state index >= 15 is 0 Å².